The first-order valence-electron chi connectivity index (χ1n) is 5.92. The molecule has 0 aliphatic heterocycles. The molecule has 0 spiro atoms. The molecule has 0 N–H and O–H groups in total. The second kappa shape index (κ2) is 4.93. The Morgan fingerprint density at radius 3 is 3.27 bits per heavy atom. The van der Waals surface area contributed by atoms with Crippen molar-refractivity contribution in [3.05, 3.63) is 21.9 Å². The normalized spacial score (nSPS) is 19.9. The third kappa shape index (κ3) is 2.31. The number of aryl methyl sites for hydroxylation is 1. The molecule has 1 aliphatic rings. The lowest BCUT2D eigenvalue weighted by molar-refractivity contribution is -0.120. The van der Waals surface area contributed by atoms with Crippen molar-refractivity contribution in [3.8, 4) is 0 Å². The lowest BCUT2D eigenvalue weighted by atomic mass is 9.83. The summed E-state index contributed by atoms with van der Waals surface area (Å²) in [6.45, 7) is 2.14. The van der Waals surface area contributed by atoms with Gasteiger partial charge in [-0.05, 0) is 42.7 Å². The summed E-state index contributed by atoms with van der Waals surface area (Å²) in [7, 11) is 0. The Labute approximate surface area is 95.5 Å². The van der Waals surface area contributed by atoms with Gasteiger partial charge in [-0.15, -0.1) is 11.3 Å². The SMILES string of the molecule is CCCCC(=O)C1CCCc2sccc21. The molecule has 2 heteroatoms. The van der Waals surface area contributed by atoms with Crippen molar-refractivity contribution in [2.75, 3.05) is 0 Å². The molecule has 0 fully saturated rings. The summed E-state index contributed by atoms with van der Waals surface area (Å²) in [6.07, 6.45) is 6.40. The first-order valence-corrected chi connectivity index (χ1v) is 6.80. The highest BCUT2D eigenvalue weighted by atomic mass is 32.1. The number of fused-ring (bicyclic) bond motifs is 1. The van der Waals surface area contributed by atoms with E-state index in [-0.39, 0.29) is 5.92 Å². The zero-order chi connectivity index (χ0) is 10.7. The van der Waals surface area contributed by atoms with Crippen LogP contribution in [-0.4, -0.2) is 5.78 Å². The van der Waals surface area contributed by atoms with Gasteiger partial charge in [-0.2, -0.15) is 0 Å². The van der Waals surface area contributed by atoms with Gasteiger partial charge in [-0.1, -0.05) is 13.3 Å². The van der Waals surface area contributed by atoms with Crippen molar-refractivity contribution < 1.29 is 4.79 Å². The third-order valence-corrected chi connectivity index (χ3v) is 4.21. The van der Waals surface area contributed by atoms with Crippen LogP contribution in [0.2, 0.25) is 0 Å². The van der Waals surface area contributed by atoms with Crippen molar-refractivity contribution in [2.24, 2.45) is 0 Å². The van der Waals surface area contributed by atoms with E-state index in [1.165, 1.54) is 23.3 Å². The van der Waals surface area contributed by atoms with Gasteiger partial charge in [0, 0.05) is 17.2 Å². The zero-order valence-corrected chi connectivity index (χ0v) is 10.1. The van der Waals surface area contributed by atoms with Gasteiger partial charge in [0.1, 0.15) is 5.78 Å². The van der Waals surface area contributed by atoms with Gasteiger partial charge in [-0.25, -0.2) is 0 Å². The molecular formula is C13H18OS. The molecule has 82 valence electrons. The molecule has 0 saturated heterocycles. The number of ketones is 1. The van der Waals surface area contributed by atoms with Crippen LogP contribution >= 0.6 is 11.3 Å². The summed E-state index contributed by atoms with van der Waals surface area (Å²) in [4.78, 5) is 13.5. The fourth-order valence-corrected chi connectivity index (χ4v) is 3.33. The van der Waals surface area contributed by atoms with Gasteiger partial charge < -0.3 is 0 Å². The smallest absolute Gasteiger partial charge is 0.140 e. The van der Waals surface area contributed by atoms with Crippen LogP contribution in [0.1, 0.15) is 55.4 Å². The number of carbonyl (C=O) groups is 1. The van der Waals surface area contributed by atoms with Gasteiger partial charge >= 0.3 is 0 Å². The topological polar surface area (TPSA) is 17.1 Å². The van der Waals surface area contributed by atoms with Crippen LogP contribution in [0.4, 0.5) is 0 Å². The minimum absolute atomic E-state index is 0.228. The van der Waals surface area contributed by atoms with Gasteiger partial charge in [0.25, 0.3) is 0 Å². The molecule has 1 unspecified atom stereocenters. The number of hydrogen-bond acceptors (Lipinski definition) is 2. The zero-order valence-electron chi connectivity index (χ0n) is 9.29. The highest BCUT2D eigenvalue weighted by molar-refractivity contribution is 7.10. The van der Waals surface area contributed by atoms with Gasteiger partial charge in [0.15, 0.2) is 0 Å². The number of hydrogen-bond donors (Lipinski definition) is 0. The molecule has 0 radical (unpaired) electrons. The molecule has 1 aromatic heterocycles. The molecule has 15 heavy (non-hydrogen) atoms. The first kappa shape index (κ1) is 10.9. The average molecular weight is 222 g/mol. The van der Waals surface area contributed by atoms with E-state index in [2.05, 4.69) is 18.4 Å². The molecule has 1 nitrogen and oxygen atoms in total. The van der Waals surface area contributed by atoms with Crippen molar-refractivity contribution >= 4 is 17.1 Å². The van der Waals surface area contributed by atoms with E-state index < -0.39 is 0 Å². The summed E-state index contributed by atoms with van der Waals surface area (Å²) in [5.41, 5.74) is 1.34. The van der Waals surface area contributed by atoms with Gasteiger partial charge in [0.05, 0.1) is 0 Å². The van der Waals surface area contributed by atoms with E-state index in [4.69, 9.17) is 0 Å². The molecule has 1 aliphatic carbocycles. The quantitative estimate of drug-likeness (QED) is 0.754. The Kier molecular flexibility index (Phi) is 3.57. The largest absolute Gasteiger partial charge is 0.299 e. The highest BCUT2D eigenvalue weighted by Gasteiger charge is 2.26. The molecule has 1 heterocycles. The lowest BCUT2D eigenvalue weighted by Crippen LogP contribution is -2.16. The first-order chi connectivity index (χ1) is 7.33. The second-order valence-electron chi connectivity index (χ2n) is 4.31. The summed E-state index contributed by atoms with van der Waals surface area (Å²) in [5.74, 6) is 0.697. The Bertz CT molecular complexity index is 340. The molecule has 1 aromatic rings. The number of rotatable bonds is 4. The van der Waals surface area contributed by atoms with Crippen LogP contribution < -0.4 is 0 Å². The van der Waals surface area contributed by atoms with Crippen LogP contribution in [0.3, 0.4) is 0 Å². The number of thiophene rings is 1. The summed E-state index contributed by atoms with van der Waals surface area (Å²) >= 11 is 1.82. The fourth-order valence-electron chi connectivity index (χ4n) is 2.35. The predicted molar refractivity (Wildman–Crippen MR) is 64.5 cm³/mol. The van der Waals surface area contributed by atoms with E-state index in [0.717, 1.165) is 25.7 Å². The lowest BCUT2D eigenvalue weighted by Gasteiger charge is -2.21. The van der Waals surface area contributed by atoms with E-state index in [0.29, 0.717) is 5.78 Å². The van der Waals surface area contributed by atoms with Crippen molar-refractivity contribution in [3.63, 3.8) is 0 Å². The van der Waals surface area contributed by atoms with Crippen LogP contribution in [0.5, 0.6) is 0 Å². The van der Waals surface area contributed by atoms with Crippen LogP contribution in [-0.2, 0) is 11.2 Å². The van der Waals surface area contributed by atoms with E-state index in [1.54, 1.807) is 0 Å². The maximum Gasteiger partial charge on any atom is 0.140 e. The summed E-state index contributed by atoms with van der Waals surface area (Å²) in [6, 6.07) is 2.16. The van der Waals surface area contributed by atoms with Crippen molar-refractivity contribution in [1.82, 2.24) is 0 Å². The molecular weight excluding hydrogens is 204 g/mol. The van der Waals surface area contributed by atoms with Crippen molar-refractivity contribution in [2.45, 2.75) is 51.4 Å². The van der Waals surface area contributed by atoms with Crippen LogP contribution in [0.15, 0.2) is 11.4 Å². The number of unbranched alkanes of at least 4 members (excludes halogenated alkanes) is 1. The Balaban J connectivity index is 2.08. The molecule has 0 amide bonds. The van der Waals surface area contributed by atoms with Crippen LogP contribution in [0.25, 0.3) is 0 Å². The summed E-state index contributed by atoms with van der Waals surface area (Å²) < 4.78 is 0. The van der Waals surface area contributed by atoms with Crippen molar-refractivity contribution in [1.29, 1.82) is 0 Å². The maximum absolute atomic E-state index is 12.0. The molecule has 1 atom stereocenters. The van der Waals surface area contributed by atoms with Crippen LogP contribution in [0, 0.1) is 0 Å². The Morgan fingerprint density at radius 2 is 2.47 bits per heavy atom. The summed E-state index contributed by atoms with van der Waals surface area (Å²) in [5, 5.41) is 2.14. The molecule has 0 saturated carbocycles. The minimum atomic E-state index is 0.228. The highest BCUT2D eigenvalue weighted by Crippen LogP contribution is 2.36. The fraction of sp³-hybridized carbons (Fsp3) is 0.615. The predicted octanol–water partition coefficient (Wildman–Crippen LogP) is 3.93. The monoisotopic (exact) mass is 222 g/mol. The molecule has 0 aromatic carbocycles. The maximum atomic E-state index is 12.0. The second-order valence-corrected chi connectivity index (χ2v) is 5.31. The minimum Gasteiger partial charge on any atom is -0.299 e. The number of Topliss-reactive ketones (excluding diaryl/α,β-unsaturated/α-hetero) is 1. The van der Waals surface area contributed by atoms with Gasteiger partial charge in [0.2, 0.25) is 0 Å². The Hall–Kier alpha value is -0.630. The number of carbonyl (C=O) groups excluding carboxylic acids is 1. The van der Waals surface area contributed by atoms with Gasteiger partial charge in [-0.3, -0.25) is 4.79 Å². The standard InChI is InChI=1S/C13H18OS/c1-2-3-6-12(14)10-5-4-7-13-11(10)8-9-15-13/h8-10H,2-7H2,1H3. The third-order valence-electron chi connectivity index (χ3n) is 3.22. The molecule has 0 bridgehead atoms. The Morgan fingerprint density at radius 1 is 1.60 bits per heavy atom. The average Bonchev–Trinajstić information content (AvgIpc) is 2.73. The van der Waals surface area contributed by atoms with E-state index >= 15 is 0 Å². The molecule has 2 rings (SSSR count). The van der Waals surface area contributed by atoms with E-state index in [9.17, 15) is 4.79 Å². The van der Waals surface area contributed by atoms with E-state index in [1.807, 2.05) is 11.3 Å².